The van der Waals surface area contributed by atoms with Crippen molar-refractivity contribution in [3.05, 3.63) is 41.0 Å². The minimum atomic E-state index is -2.91. The van der Waals surface area contributed by atoms with E-state index in [1.54, 1.807) is 22.3 Å². The number of hydrogen-bond donors (Lipinski definition) is 0. The molecule has 0 aromatic heterocycles. The average Bonchev–Trinajstić information content (AvgIpc) is 2.83. The van der Waals surface area contributed by atoms with Crippen LogP contribution in [0.15, 0.2) is 41.0 Å². The van der Waals surface area contributed by atoms with Gasteiger partial charge in [-0.2, -0.15) is 0 Å². The first-order chi connectivity index (χ1) is 8.68. The molecule has 0 spiro atoms. The summed E-state index contributed by atoms with van der Waals surface area (Å²) >= 11 is -2.91. The SMILES string of the molecule is C[CH2][Zr]([CH3])(=[SiH2])([C]1=C(C)C=C(C)C1)[C]1=C(C)C=C(C)C1.Cl.Cl. The Balaban J connectivity index is 0.00000200. The maximum Gasteiger partial charge on any atom is -0.147 e. The summed E-state index contributed by atoms with van der Waals surface area (Å²) in [4.78, 5) is 0. The van der Waals surface area contributed by atoms with E-state index in [9.17, 15) is 0 Å². The minimum absolute atomic E-state index is 0. The van der Waals surface area contributed by atoms with Crippen molar-refractivity contribution in [2.45, 2.75) is 56.2 Å². The van der Waals surface area contributed by atoms with Gasteiger partial charge in [0, 0.05) is 0 Å². The quantitative estimate of drug-likeness (QED) is 0.502. The van der Waals surface area contributed by atoms with Crippen LogP contribution in [0.1, 0.15) is 47.5 Å². The molecule has 0 fully saturated rings. The summed E-state index contributed by atoms with van der Waals surface area (Å²) in [7, 11) is 0. The summed E-state index contributed by atoms with van der Waals surface area (Å²) in [5.41, 5.74) is 6.31. The normalized spacial score (nSPS) is 19.2. The van der Waals surface area contributed by atoms with Gasteiger partial charge in [0.25, 0.3) is 0 Å². The first-order valence-corrected chi connectivity index (χ1v) is 20.1. The second kappa shape index (κ2) is 7.04. The summed E-state index contributed by atoms with van der Waals surface area (Å²) in [6.07, 6.45) is 7.36. The van der Waals surface area contributed by atoms with E-state index < -0.39 is 17.4 Å². The Morgan fingerprint density at radius 2 is 1.24 bits per heavy atom. The van der Waals surface area contributed by atoms with Gasteiger partial charge in [-0.05, 0) is 0 Å². The van der Waals surface area contributed by atoms with Crippen LogP contribution in [0.5, 0.6) is 0 Å². The van der Waals surface area contributed by atoms with Crippen LogP contribution in [0.2, 0.25) is 8.76 Å². The van der Waals surface area contributed by atoms with Gasteiger partial charge < -0.3 is 0 Å². The van der Waals surface area contributed by atoms with Crippen LogP contribution in [0.25, 0.3) is 0 Å². The maximum atomic E-state index is 2.69. The zero-order valence-electron chi connectivity index (χ0n) is 14.3. The third-order valence-corrected chi connectivity index (χ3v) is 29.7. The molecule has 0 aliphatic heterocycles. The predicted molar refractivity (Wildman–Crippen MR) is 102 cm³/mol. The first-order valence-electron chi connectivity index (χ1n) is 7.48. The third kappa shape index (κ3) is 3.60. The molecule has 0 radical (unpaired) electrons. The van der Waals surface area contributed by atoms with Crippen LogP contribution in [-0.4, -0.2) is 6.88 Å². The van der Waals surface area contributed by atoms with Crippen LogP contribution in [0, 0.1) is 0 Å². The fourth-order valence-electron chi connectivity index (χ4n) is 4.13. The molecule has 0 atom stereocenters. The van der Waals surface area contributed by atoms with Crippen molar-refractivity contribution in [1.29, 1.82) is 0 Å². The molecule has 21 heavy (non-hydrogen) atoms. The van der Waals surface area contributed by atoms with Crippen molar-refractivity contribution in [3.8, 4) is 0 Å². The van der Waals surface area contributed by atoms with E-state index >= 15 is 0 Å². The van der Waals surface area contributed by atoms with E-state index in [2.05, 4.69) is 58.3 Å². The number of allylic oxidation sites excluding steroid dienone is 8. The molecule has 0 aromatic rings. The van der Waals surface area contributed by atoms with Crippen LogP contribution in [-0.2, 0) is 17.4 Å². The van der Waals surface area contributed by atoms with Crippen molar-refractivity contribution < 1.29 is 17.4 Å². The summed E-state index contributed by atoms with van der Waals surface area (Å²) < 4.78 is 7.80. The van der Waals surface area contributed by atoms with Crippen molar-refractivity contribution in [3.63, 3.8) is 0 Å². The molecular weight excluding hydrogens is 394 g/mol. The molecule has 120 valence electrons. The molecule has 0 saturated carbocycles. The molecular formula is C17H30Cl2SiZr. The van der Waals surface area contributed by atoms with Crippen molar-refractivity contribution in [2.24, 2.45) is 0 Å². The van der Waals surface area contributed by atoms with Crippen LogP contribution in [0.4, 0.5) is 0 Å². The molecule has 2 aliphatic carbocycles. The van der Waals surface area contributed by atoms with Gasteiger partial charge in [0.1, 0.15) is 0 Å². The second-order valence-corrected chi connectivity index (χ2v) is 34.6. The first kappa shape index (κ1) is 21.6. The molecule has 0 N–H and O–H groups in total. The molecule has 0 heterocycles. The van der Waals surface area contributed by atoms with E-state index in [4.69, 9.17) is 0 Å². The van der Waals surface area contributed by atoms with E-state index in [1.165, 1.54) is 17.0 Å². The van der Waals surface area contributed by atoms with E-state index in [1.807, 2.05) is 6.56 Å². The number of rotatable bonds is 3. The molecule has 0 amide bonds. The van der Waals surface area contributed by atoms with Crippen molar-refractivity contribution in [1.82, 2.24) is 0 Å². The third-order valence-electron chi connectivity index (χ3n) is 5.51. The predicted octanol–water partition coefficient (Wildman–Crippen LogP) is 5.80. The molecule has 0 saturated heterocycles. The smallest absolute Gasteiger partial charge is 0.147 e. The standard InChI is InChI=1S/2C7H9.C2H5.CH3.2ClH.H2Si.Zr/c2*1-6-3-4-7(2)5-6;1-2;;;;;/h2*5H,3H2,1-2H3;1H2,2H3;1H3;2*1H;1H2;. The second-order valence-electron chi connectivity index (χ2n) is 7.30. The number of hydrogen-bond acceptors (Lipinski definition) is 0. The van der Waals surface area contributed by atoms with Gasteiger partial charge in [-0.1, -0.05) is 0 Å². The van der Waals surface area contributed by atoms with Crippen LogP contribution in [0.3, 0.4) is 0 Å². The fourth-order valence-corrected chi connectivity index (χ4v) is 21.8. The molecule has 2 aliphatic rings. The van der Waals surface area contributed by atoms with E-state index in [0.717, 1.165) is 0 Å². The van der Waals surface area contributed by atoms with Gasteiger partial charge in [-0.3, -0.25) is 0 Å². The molecule has 0 unspecified atom stereocenters. The molecule has 0 nitrogen and oxygen atoms in total. The van der Waals surface area contributed by atoms with Gasteiger partial charge in [0.15, 0.2) is 0 Å². The van der Waals surface area contributed by atoms with Gasteiger partial charge in [-0.15, -0.1) is 24.8 Å². The molecule has 0 bridgehead atoms. The van der Waals surface area contributed by atoms with Gasteiger partial charge >= 0.3 is 122 Å². The summed E-state index contributed by atoms with van der Waals surface area (Å²) in [5.74, 6) is 0. The van der Waals surface area contributed by atoms with Gasteiger partial charge in [0.2, 0.25) is 0 Å². The monoisotopic (exact) mass is 422 g/mol. The molecule has 4 heteroatoms. The van der Waals surface area contributed by atoms with Crippen LogP contribution < -0.4 is 0 Å². The summed E-state index contributed by atoms with van der Waals surface area (Å²) in [6, 6.07) is 0. The Kier molecular flexibility index (Phi) is 7.25. The minimum Gasteiger partial charge on any atom is -0.147 e. The Hall–Kier alpha value is 0.640. The van der Waals surface area contributed by atoms with Crippen LogP contribution >= 0.6 is 24.8 Å². The molecule has 2 rings (SSSR count). The van der Waals surface area contributed by atoms with Crippen molar-refractivity contribution >= 4 is 31.7 Å². The van der Waals surface area contributed by atoms with Crippen molar-refractivity contribution in [2.75, 3.05) is 0 Å². The summed E-state index contributed by atoms with van der Waals surface area (Å²) in [6.45, 7) is 14.1. The maximum absolute atomic E-state index is 2.91. The van der Waals surface area contributed by atoms with Gasteiger partial charge in [-0.25, -0.2) is 0 Å². The van der Waals surface area contributed by atoms with Gasteiger partial charge in [0.05, 0.1) is 0 Å². The van der Waals surface area contributed by atoms with E-state index in [0.29, 0.717) is 0 Å². The topological polar surface area (TPSA) is 0 Å². The Labute approximate surface area is 145 Å². The largest absolute Gasteiger partial charge is 0.147 e. The Morgan fingerprint density at radius 3 is 1.43 bits per heavy atom. The number of halogens is 2. The Morgan fingerprint density at radius 1 is 0.905 bits per heavy atom. The average molecular weight is 425 g/mol. The Bertz CT molecular complexity index is 587. The van der Waals surface area contributed by atoms with E-state index in [-0.39, 0.29) is 24.8 Å². The fraction of sp³-hybridized carbons (Fsp3) is 0.529. The summed E-state index contributed by atoms with van der Waals surface area (Å²) in [5, 5.41) is 0. The zero-order valence-corrected chi connectivity index (χ0v) is 19.8. The molecule has 0 aromatic carbocycles. The zero-order chi connectivity index (χ0) is 14.4.